The molecular formula is C9H9F3N2. The van der Waals surface area contributed by atoms with Gasteiger partial charge in [-0.1, -0.05) is 12.1 Å². The molecule has 1 aromatic heterocycles. The Labute approximate surface area is 79.3 Å². The Morgan fingerprint density at radius 3 is 2.43 bits per heavy atom. The number of pyridine rings is 1. The highest BCUT2D eigenvalue weighted by molar-refractivity contribution is 5.21. The topological polar surface area (TPSA) is 38.9 Å². The van der Waals surface area contributed by atoms with E-state index in [0.29, 0.717) is 5.56 Å². The second-order valence-electron chi connectivity index (χ2n) is 2.74. The van der Waals surface area contributed by atoms with E-state index >= 15 is 0 Å². The van der Waals surface area contributed by atoms with Gasteiger partial charge in [0.15, 0.2) is 0 Å². The number of rotatable bonds is 2. The lowest BCUT2D eigenvalue weighted by atomic mass is 10.1. The molecule has 0 spiro atoms. The van der Waals surface area contributed by atoms with E-state index in [1.54, 1.807) is 0 Å². The number of hydrogen-bond acceptors (Lipinski definition) is 2. The quantitative estimate of drug-likeness (QED) is 0.747. The third kappa shape index (κ3) is 2.32. The largest absolute Gasteiger partial charge is 0.433 e. The maximum Gasteiger partial charge on any atom is 0.433 e. The van der Waals surface area contributed by atoms with E-state index < -0.39 is 17.9 Å². The van der Waals surface area contributed by atoms with Gasteiger partial charge in [0.05, 0.1) is 0 Å². The molecule has 0 aromatic carbocycles. The molecule has 76 valence electrons. The highest BCUT2D eigenvalue weighted by Crippen LogP contribution is 2.27. The lowest BCUT2D eigenvalue weighted by Crippen LogP contribution is -2.11. The second-order valence-corrected chi connectivity index (χ2v) is 2.74. The molecule has 5 heteroatoms. The molecule has 0 aliphatic rings. The molecule has 1 atom stereocenters. The van der Waals surface area contributed by atoms with Gasteiger partial charge < -0.3 is 5.73 Å². The van der Waals surface area contributed by atoms with Crippen LogP contribution in [0.15, 0.2) is 31.0 Å². The highest BCUT2D eigenvalue weighted by Gasteiger charge is 2.32. The molecular weight excluding hydrogens is 193 g/mol. The zero-order valence-corrected chi connectivity index (χ0v) is 7.25. The number of halogens is 3. The molecule has 0 saturated heterocycles. The van der Waals surface area contributed by atoms with Crippen molar-refractivity contribution < 1.29 is 13.2 Å². The van der Waals surface area contributed by atoms with Gasteiger partial charge in [0.1, 0.15) is 5.69 Å². The maximum atomic E-state index is 12.1. The number of alkyl halides is 3. The zero-order valence-electron chi connectivity index (χ0n) is 7.25. The fourth-order valence-corrected chi connectivity index (χ4v) is 0.906. The highest BCUT2D eigenvalue weighted by atomic mass is 19.4. The molecule has 0 bridgehead atoms. The third-order valence-corrected chi connectivity index (χ3v) is 1.72. The monoisotopic (exact) mass is 202 g/mol. The first kappa shape index (κ1) is 10.7. The molecule has 0 saturated carbocycles. The van der Waals surface area contributed by atoms with E-state index in [1.807, 2.05) is 0 Å². The van der Waals surface area contributed by atoms with Crippen LogP contribution in [0.5, 0.6) is 0 Å². The van der Waals surface area contributed by atoms with Crippen molar-refractivity contribution in [2.75, 3.05) is 0 Å². The predicted molar refractivity (Wildman–Crippen MR) is 46.4 cm³/mol. The number of nitrogens with two attached hydrogens (primary N) is 1. The standard InChI is InChI=1S/C9H9F3N2/c1-2-7(13)6-3-4-8(14-5-6)9(10,11)12/h2-5,7H,1,13H2/t7-/m0/s1. The van der Waals surface area contributed by atoms with Gasteiger partial charge in [-0.15, -0.1) is 6.58 Å². The summed E-state index contributed by atoms with van der Waals surface area (Å²) < 4.78 is 36.3. The summed E-state index contributed by atoms with van der Waals surface area (Å²) in [6, 6.07) is 1.71. The molecule has 0 radical (unpaired) electrons. The van der Waals surface area contributed by atoms with Gasteiger partial charge in [0.2, 0.25) is 0 Å². The Morgan fingerprint density at radius 2 is 2.07 bits per heavy atom. The van der Waals surface area contributed by atoms with E-state index in [1.165, 1.54) is 12.1 Å². The molecule has 2 N–H and O–H groups in total. The third-order valence-electron chi connectivity index (χ3n) is 1.72. The molecule has 1 rings (SSSR count). The van der Waals surface area contributed by atoms with Gasteiger partial charge in [-0.25, -0.2) is 0 Å². The Bertz CT molecular complexity index is 316. The van der Waals surface area contributed by atoms with Gasteiger partial charge in [0.25, 0.3) is 0 Å². The summed E-state index contributed by atoms with van der Waals surface area (Å²) >= 11 is 0. The normalized spacial score (nSPS) is 13.7. The average Bonchev–Trinajstić information content (AvgIpc) is 2.15. The number of nitrogens with zero attached hydrogens (tertiary/aromatic N) is 1. The minimum atomic E-state index is -4.41. The Hall–Kier alpha value is -1.36. The van der Waals surface area contributed by atoms with Crippen LogP contribution in [0.1, 0.15) is 17.3 Å². The van der Waals surface area contributed by atoms with Crippen molar-refractivity contribution in [1.82, 2.24) is 4.98 Å². The SMILES string of the molecule is C=C[C@H](N)c1ccc(C(F)(F)F)nc1. The van der Waals surface area contributed by atoms with Crippen molar-refractivity contribution in [3.05, 3.63) is 42.2 Å². The summed E-state index contributed by atoms with van der Waals surface area (Å²) in [5.41, 5.74) is 5.10. The summed E-state index contributed by atoms with van der Waals surface area (Å²) in [5, 5.41) is 0. The van der Waals surface area contributed by atoms with Gasteiger partial charge in [-0.3, -0.25) is 4.98 Å². The smallest absolute Gasteiger partial charge is 0.321 e. The summed E-state index contributed by atoms with van der Waals surface area (Å²) in [4.78, 5) is 3.27. The minimum absolute atomic E-state index is 0.482. The molecule has 1 heterocycles. The van der Waals surface area contributed by atoms with E-state index in [2.05, 4.69) is 11.6 Å². The second kappa shape index (κ2) is 3.79. The minimum Gasteiger partial charge on any atom is -0.321 e. The first-order valence-corrected chi connectivity index (χ1v) is 3.86. The molecule has 0 fully saturated rings. The Kier molecular flexibility index (Phi) is 2.90. The van der Waals surface area contributed by atoms with Crippen LogP contribution in [-0.4, -0.2) is 4.98 Å². The zero-order chi connectivity index (χ0) is 10.8. The molecule has 0 aliphatic carbocycles. The average molecular weight is 202 g/mol. The lowest BCUT2D eigenvalue weighted by Gasteiger charge is -2.08. The summed E-state index contributed by atoms with van der Waals surface area (Å²) in [6.45, 7) is 3.43. The fraction of sp³-hybridized carbons (Fsp3) is 0.222. The van der Waals surface area contributed by atoms with Crippen LogP contribution in [0, 0.1) is 0 Å². The van der Waals surface area contributed by atoms with Crippen LogP contribution >= 0.6 is 0 Å². The summed E-state index contributed by atoms with van der Waals surface area (Å²) in [7, 11) is 0. The van der Waals surface area contributed by atoms with Crippen molar-refractivity contribution >= 4 is 0 Å². The van der Waals surface area contributed by atoms with Crippen LogP contribution in [0.2, 0.25) is 0 Å². The Morgan fingerprint density at radius 1 is 1.43 bits per heavy atom. The summed E-state index contributed by atoms with van der Waals surface area (Å²) in [5.74, 6) is 0. The molecule has 2 nitrogen and oxygen atoms in total. The first-order chi connectivity index (χ1) is 6.45. The van der Waals surface area contributed by atoms with Gasteiger partial charge >= 0.3 is 6.18 Å². The fourth-order valence-electron chi connectivity index (χ4n) is 0.906. The molecule has 0 unspecified atom stereocenters. The van der Waals surface area contributed by atoms with E-state index in [-0.39, 0.29) is 0 Å². The van der Waals surface area contributed by atoms with Crippen LogP contribution in [0.3, 0.4) is 0 Å². The van der Waals surface area contributed by atoms with Crippen LogP contribution in [0.4, 0.5) is 13.2 Å². The van der Waals surface area contributed by atoms with Gasteiger partial charge in [-0.2, -0.15) is 13.2 Å². The predicted octanol–water partition coefficient (Wildman–Crippen LogP) is 2.29. The maximum absolute atomic E-state index is 12.1. The van der Waals surface area contributed by atoms with E-state index in [9.17, 15) is 13.2 Å². The van der Waals surface area contributed by atoms with Crippen molar-refractivity contribution in [2.45, 2.75) is 12.2 Å². The van der Waals surface area contributed by atoms with Crippen molar-refractivity contribution in [1.29, 1.82) is 0 Å². The van der Waals surface area contributed by atoms with Crippen molar-refractivity contribution in [2.24, 2.45) is 5.73 Å². The molecule has 0 aliphatic heterocycles. The van der Waals surface area contributed by atoms with Gasteiger partial charge in [0, 0.05) is 12.2 Å². The number of aromatic nitrogens is 1. The van der Waals surface area contributed by atoms with Crippen LogP contribution in [-0.2, 0) is 6.18 Å². The number of hydrogen-bond donors (Lipinski definition) is 1. The molecule has 0 amide bonds. The molecule has 1 aromatic rings. The first-order valence-electron chi connectivity index (χ1n) is 3.86. The summed E-state index contributed by atoms with van der Waals surface area (Å²) in [6.07, 6.45) is -1.86. The van der Waals surface area contributed by atoms with Crippen LogP contribution in [0.25, 0.3) is 0 Å². The van der Waals surface area contributed by atoms with E-state index in [0.717, 1.165) is 12.3 Å². The van der Waals surface area contributed by atoms with Crippen molar-refractivity contribution in [3.63, 3.8) is 0 Å². The van der Waals surface area contributed by atoms with E-state index in [4.69, 9.17) is 5.73 Å². The lowest BCUT2D eigenvalue weighted by molar-refractivity contribution is -0.141. The van der Waals surface area contributed by atoms with Gasteiger partial charge in [-0.05, 0) is 11.6 Å². The Balaban J connectivity index is 2.95. The molecule has 14 heavy (non-hydrogen) atoms. The van der Waals surface area contributed by atoms with Crippen LogP contribution < -0.4 is 5.73 Å². The van der Waals surface area contributed by atoms with Crippen molar-refractivity contribution in [3.8, 4) is 0 Å².